The summed E-state index contributed by atoms with van der Waals surface area (Å²) in [6.07, 6.45) is 3.37. The van der Waals surface area contributed by atoms with E-state index in [1.165, 1.54) is 6.07 Å². The molecule has 2 rings (SSSR count). The monoisotopic (exact) mass is 314 g/mol. The van der Waals surface area contributed by atoms with Crippen LogP contribution in [0.1, 0.15) is 19.3 Å². The molecular weight excluding hydrogens is 300 g/mol. The predicted octanol–water partition coefficient (Wildman–Crippen LogP) is 3.34. The molecule has 5 nitrogen and oxygen atoms in total. The third-order valence-corrected chi connectivity index (χ3v) is 3.45. The Morgan fingerprint density at radius 1 is 1.56 bits per heavy atom. The van der Waals surface area contributed by atoms with Crippen LogP contribution < -0.4 is 5.32 Å². The van der Waals surface area contributed by atoms with Gasteiger partial charge in [-0.15, -0.1) is 0 Å². The second-order valence-electron chi connectivity index (χ2n) is 4.27. The zero-order chi connectivity index (χ0) is 13.0. The number of anilines is 1. The molecule has 6 heteroatoms. The van der Waals surface area contributed by atoms with Crippen LogP contribution in [0.25, 0.3) is 0 Å². The van der Waals surface area contributed by atoms with Gasteiger partial charge in [0.1, 0.15) is 5.69 Å². The molecule has 0 aliphatic carbocycles. The van der Waals surface area contributed by atoms with Crippen molar-refractivity contribution in [2.75, 3.05) is 18.5 Å². The van der Waals surface area contributed by atoms with Gasteiger partial charge in [0.25, 0.3) is 5.69 Å². The van der Waals surface area contributed by atoms with Crippen molar-refractivity contribution < 1.29 is 9.66 Å². The Bertz CT molecular complexity index is 433. The first-order valence-corrected chi connectivity index (χ1v) is 6.75. The standard InChI is InChI=1S/C12H15BrN2O3/c13-9-3-4-12(15(16)17)11(8-9)14-6-5-10-2-1-7-18-10/h3-4,8,10,14H,1-2,5-7H2. The molecule has 0 aromatic heterocycles. The first-order chi connectivity index (χ1) is 8.66. The van der Waals surface area contributed by atoms with Gasteiger partial charge in [-0.3, -0.25) is 10.1 Å². The number of halogens is 1. The Morgan fingerprint density at radius 2 is 2.39 bits per heavy atom. The lowest BCUT2D eigenvalue weighted by atomic mass is 10.2. The van der Waals surface area contributed by atoms with Crippen molar-refractivity contribution in [1.82, 2.24) is 0 Å². The van der Waals surface area contributed by atoms with Crippen LogP contribution in [-0.4, -0.2) is 24.2 Å². The summed E-state index contributed by atoms with van der Waals surface area (Å²) in [6, 6.07) is 4.90. The molecule has 1 heterocycles. The first kappa shape index (κ1) is 13.3. The SMILES string of the molecule is O=[N+]([O-])c1ccc(Br)cc1NCCC1CCCO1. The normalized spacial score (nSPS) is 18.8. The lowest BCUT2D eigenvalue weighted by Gasteiger charge is -2.11. The fraction of sp³-hybridized carbons (Fsp3) is 0.500. The largest absolute Gasteiger partial charge is 0.379 e. The van der Waals surface area contributed by atoms with Gasteiger partial charge in [-0.2, -0.15) is 0 Å². The fourth-order valence-corrected chi connectivity index (χ4v) is 2.41. The van der Waals surface area contributed by atoms with Gasteiger partial charge < -0.3 is 10.1 Å². The number of rotatable bonds is 5. The lowest BCUT2D eigenvalue weighted by Crippen LogP contribution is -2.13. The van der Waals surface area contributed by atoms with Crippen molar-refractivity contribution in [3.63, 3.8) is 0 Å². The summed E-state index contributed by atoms with van der Waals surface area (Å²) in [5.41, 5.74) is 0.651. The summed E-state index contributed by atoms with van der Waals surface area (Å²) in [7, 11) is 0. The molecule has 1 aliphatic heterocycles. The maximum Gasteiger partial charge on any atom is 0.292 e. The van der Waals surface area contributed by atoms with Crippen LogP contribution in [-0.2, 0) is 4.74 Å². The Balaban J connectivity index is 1.94. The fourth-order valence-electron chi connectivity index (χ4n) is 2.05. The van der Waals surface area contributed by atoms with E-state index in [1.807, 2.05) is 0 Å². The number of nitrogens with one attached hydrogen (secondary N) is 1. The first-order valence-electron chi connectivity index (χ1n) is 5.96. The second kappa shape index (κ2) is 6.15. The molecule has 1 fully saturated rings. The second-order valence-corrected chi connectivity index (χ2v) is 5.18. The Hall–Kier alpha value is -1.14. The molecular formula is C12H15BrN2O3. The zero-order valence-electron chi connectivity index (χ0n) is 9.89. The van der Waals surface area contributed by atoms with E-state index in [4.69, 9.17) is 4.74 Å². The van der Waals surface area contributed by atoms with E-state index in [-0.39, 0.29) is 10.6 Å². The minimum Gasteiger partial charge on any atom is -0.379 e. The van der Waals surface area contributed by atoms with E-state index >= 15 is 0 Å². The molecule has 0 radical (unpaired) electrons. The topological polar surface area (TPSA) is 64.4 Å². The van der Waals surface area contributed by atoms with E-state index in [2.05, 4.69) is 21.2 Å². The van der Waals surface area contributed by atoms with E-state index < -0.39 is 0 Å². The molecule has 0 saturated carbocycles. The summed E-state index contributed by atoms with van der Waals surface area (Å²) in [5.74, 6) is 0. The molecule has 1 N–H and O–H groups in total. The van der Waals surface area contributed by atoms with Crippen LogP contribution in [0, 0.1) is 10.1 Å². The highest BCUT2D eigenvalue weighted by molar-refractivity contribution is 9.10. The minimum atomic E-state index is -0.374. The van der Waals surface area contributed by atoms with Crippen molar-refractivity contribution in [3.8, 4) is 0 Å². The Labute approximate surface area is 114 Å². The molecule has 18 heavy (non-hydrogen) atoms. The van der Waals surface area contributed by atoms with E-state index in [9.17, 15) is 10.1 Å². The van der Waals surface area contributed by atoms with E-state index in [1.54, 1.807) is 12.1 Å². The van der Waals surface area contributed by atoms with Crippen molar-refractivity contribution >= 4 is 27.3 Å². The molecule has 1 saturated heterocycles. The average Bonchev–Trinajstić information content (AvgIpc) is 2.82. The summed E-state index contributed by atoms with van der Waals surface area (Å²) in [5, 5.41) is 14.0. The molecule has 0 amide bonds. The predicted molar refractivity (Wildman–Crippen MR) is 72.9 cm³/mol. The highest BCUT2D eigenvalue weighted by Crippen LogP contribution is 2.28. The molecule has 0 spiro atoms. The van der Waals surface area contributed by atoms with Crippen LogP contribution in [0.15, 0.2) is 22.7 Å². The van der Waals surface area contributed by atoms with E-state index in [0.29, 0.717) is 18.3 Å². The van der Waals surface area contributed by atoms with Crippen LogP contribution in [0.4, 0.5) is 11.4 Å². The smallest absolute Gasteiger partial charge is 0.292 e. The number of nitro benzene ring substituents is 1. The number of nitrogens with zero attached hydrogens (tertiary/aromatic N) is 1. The van der Waals surface area contributed by atoms with Gasteiger partial charge in [0.05, 0.1) is 11.0 Å². The molecule has 1 aromatic rings. The van der Waals surface area contributed by atoms with Crippen molar-refractivity contribution in [3.05, 3.63) is 32.8 Å². The quantitative estimate of drug-likeness (QED) is 0.668. The maximum absolute atomic E-state index is 10.9. The number of hydrogen-bond acceptors (Lipinski definition) is 4. The van der Waals surface area contributed by atoms with Gasteiger partial charge in [-0.25, -0.2) is 0 Å². The van der Waals surface area contributed by atoms with Crippen LogP contribution in [0.5, 0.6) is 0 Å². The van der Waals surface area contributed by atoms with Crippen molar-refractivity contribution in [2.24, 2.45) is 0 Å². The molecule has 1 aromatic carbocycles. The lowest BCUT2D eigenvalue weighted by molar-refractivity contribution is -0.384. The number of hydrogen-bond donors (Lipinski definition) is 1. The molecule has 0 bridgehead atoms. The van der Waals surface area contributed by atoms with Gasteiger partial charge in [0.15, 0.2) is 0 Å². The van der Waals surface area contributed by atoms with Gasteiger partial charge in [-0.05, 0) is 31.4 Å². The van der Waals surface area contributed by atoms with Crippen LogP contribution >= 0.6 is 15.9 Å². The molecule has 1 unspecified atom stereocenters. The summed E-state index contributed by atoms with van der Waals surface area (Å²) in [4.78, 5) is 10.5. The van der Waals surface area contributed by atoms with Crippen molar-refractivity contribution in [2.45, 2.75) is 25.4 Å². The Morgan fingerprint density at radius 3 is 3.06 bits per heavy atom. The highest BCUT2D eigenvalue weighted by atomic mass is 79.9. The summed E-state index contributed by atoms with van der Waals surface area (Å²) in [6.45, 7) is 1.52. The number of ether oxygens (including phenoxy) is 1. The Kier molecular flexibility index (Phi) is 4.54. The van der Waals surface area contributed by atoms with Crippen molar-refractivity contribution in [1.29, 1.82) is 0 Å². The number of benzene rings is 1. The number of nitro groups is 1. The average molecular weight is 315 g/mol. The van der Waals surface area contributed by atoms with Gasteiger partial charge in [-0.1, -0.05) is 15.9 Å². The third-order valence-electron chi connectivity index (χ3n) is 2.96. The summed E-state index contributed by atoms with van der Waals surface area (Å²) < 4.78 is 6.34. The van der Waals surface area contributed by atoms with Gasteiger partial charge in [0, 0.05) is 23.7 Å². The summed E-state index contributed by atoms with van der Waals surface area (Å²) >= 11 is 3.32. The third kappa shape index (κ3) is 3.43. The van der Waals surface area contributed by atoms with Gasteiger partial charge >= 0.3 is 0 Å². The molecule has 98 valence electrons. The highest BCUT2D eigenvalue weighted by Gasteiger charge is 2.17. The van der Waals surface area contributed by atoms with E-state index in [0.717, 1.165) is 30.3 Å². The van der Waals surface area contributed by atoms with Crippen LogP contribution in [0.3, 0.4) is 0 Å². The zero-order valence-corrected chi connectivity index (χ0v) is 11.5. The molecule has 1 atom stereocenters. The molecule has 1 aliphatic rings. The minimum absolute atomic E-state index is 0.102. The van der Waals surface area contributed by atoms with Crippen LogP contribution in [0.2, 0.25) is 0 Å². The maximum atomic E-state index is 10.9. The van der Waals surface area contributed by atoms with Gasteiger partial charge in [0.2, 0.25) is 0 Å².